The molecule has 138 valence electrons. The first-order valence-electron chi connectivity index (χ1n) is 9.28. The number of amides is 2. The molecule has 3 rings (SSSR count). The van der Waals surface area contributed by atoms with E-state index in [9.17, 15) is 9.59 Å². The summed E-state index contributed by atoms with van der Waals surface area (Å²) in [5.41, 5.74) is 1.83. The highest BCUT2D eigenvalue weighted by molar-refractivity contribution is 6.08. The van der Waals surface area contributed by atoms with E-state index in [2.05, 4.69) is 12.2 Å². The summed E-state index contributed by atoms with van der Waals surface area (Å²) >= 11 is 0. The largest absolute Gasteiger partial charge is 0.352 e. The van der Waals surface area contributed by atoms with Crippen LogP contribution in [-0.2, 0) is 4.79 Å². The lowest BCUT2D eigenvalue weighted by molar-refractivity contribution is -0.115. The second-order valence-corrected chi connectivity index (χ2v) is 6.51. The van der Waals surface area contributed by atoms with Crippen LogP contribution in [0, 0.1) is 0 Å². The van der Waals surface area contributed by atoms with Gasteiger partial charge in [-0.15, -0.1) is 0 Å². The van der Waals surface area contributed by atoms with Gasteiger partial charge in [0.05, 0.1) is 11.3 Å². The maximum absolute atomic E-state index is 12.7. The molecule has 0 fully saturated rings. The quantitative estimate of drug-likeness (QED) is 0.625. The van der Waals surface area contributed by atoms with Crippen LogP contribution in [0.3, 0.4) is 0 Å². The lowest BCUT2D eigenvalue weighted by Crippen LogP contribution is -2.29. The Morgan fingerprint density at radius 3 is 2.37 bits per heavy atom. The second kappa shape index (κ2) is 8.49. The zero-order valence-corrected chi connectivity index (χ0v) is 15.7. The molecule has 0 saturated carbocycles. The fourth-order valence-electron chi connectivity index (χ4n) is 3.14. The van der Waals surface area contributed by atoms with Gasteiger partial charge in [-0.3, -0.25) is 14.5 Å². The van der Waals surface area contributed by atoms with Crippen LogP contribution in [0.25, 0.3) is 10.8 Å². The lowest BCUT2D eigenvalue weighted by atomic mass is 10.1. The van der Waals surface area contributed by atoms with Gasteiger partial charge in [0.1, 0.15) is 0 Å². The molecule has 0 aliphatic carbocycles. The van der Waals surface area contributed by atoms with E-state index in [1.165, 1.54) is 6.92 Å². The van der Waals surface area contributed by atoms with E-state index in [0.717, 1.165) is 29.3 Å². The van der Waals surface area contributed by atoms with Crippen molar-refractivity contribution in [3.63, 3.8) is 0 Å². The molecule has 1 N–H and O–H groups in total. The van der Waals surface area contributed by atoms with Crippen molar-refractivity contribution in [1.29, 1.82) is 0 Å². The predicted octanol–water partition coefficient (Wildman–Crippen LogP) is 5.05. The van der Waals surface area contributed by atoms with E-state index in [4.69, 9.17) is 0 Å². The van der Waals surface area contributed by atoms with E-state index in [-0.39, 0.29) is 11.8 Å². The van der Waals surface area contributed by atoms with Gasteiger partial charge in [-0.05, 0) is 41.5 Å². The molecule has 4 nitrogen and oxygen atoms in total. The van der Waals surface area contributed by atoms with Crippen molar-refractivity contribution in [1.82, 2.24) is 5.32 Å². The molecule has 0 radical (unpaired) electrons. The molecule has 0 spiro atoms. The first kappa shape index (κ1) is 18.6. The molecule has 4 heteroatoms. The van der Waals surface area contributed by atoms with Crippen LogP contribution in [-0.4, -0.2) is 18.4 Å². The van der Waals surface area contributed by atoms with Gasteiger partial charge in [0, 0.05) is 19.2 Å². The number of carbonyl (C=O) groups is 2. The van der Waals surface area contributed by atoms with Crippen LogP contribution in [0.2, 0.25) is 0 Å². The summed E-state index contributed by atoms with van der Waals surface area (Å²) in [6.07, 6.45) is 1.94. The van der Waals surface area contributed by atoms with Gasteiger partial charge in [-0.2, -0.15) is 0 Å². The molecule has 27 heavy (non-hydrogen) atoms. The Hall–Kier alpha value is -3.14. The Morgan fingerprint density at radius 1 is 0.926 bits per heavy atom. The molecule has 0 aromatic heterocycles. The van der Waals surface area contributed by atoms with E-state index in [0.29, 0.717) is 17.8 Å². The average molecular weight is 360 g/mol. The summed E-state index contributed by atoms with van der Waals surface area (Å²) in [4.78, 5) is 26.8. The highest BCUT2D eigenvalue weighted by Crippen LogP contribution is 2.31. The van der Waals surface area contributed by atoms with Crippen LogP contribution in [0.15, 0.2) is 66.7 Å². The number of rotatable bonds is 6. The standard InChI is InChI=1S/C23H24N2O2/c1-3-4-15-24-23(27)21-11-7-8-12-22(21)25(17(2)26)20-14-13-18-9-5-6-10-19(18)16-20/h5-14,16H,3-4,15H2,1-2H3,(H,24,27). The van der Waals surface area contributed by atoms with Crippen molar-refractivity contribution in [3.8, 4) is 0 Å². The van der Waals surface area contributed by atoms with Crippen LogP contribution in [0.1, 0.15) is 37.0 Å². The number of hydrogen-bond acceptors (Lipinski definition) is 2. The minimum Gasteiger partial charge on any atom is -0.352 e. The molecule has 3 aromatic rings. The minimum atomic E-state index is -0.161. The van der Waals surface area contributed by atoms with E-state index in [1.54, 1.807) is 11.0 Å². The number of carbonyl (C=O) groups excluding carboxylic acids is 2. The number of hydrogen-bond donors (Lipinski definition) is 1. The predicted molar refractivity (Wildman–Crippen MR) is 110 cm³/mol. The maximum Gasteiger partial charge on any atom is 0.253 e. The summed E-state index contributed by atoms with van der Waals surface area (Å²) in [6.45, 7) is 4.22. The van der Waals surface area contributed by atoms with Gasteiger partial charge in [-0.1, -0.05) is 55.8 Å². The SMILES string of the molecule is CCCCNC(=O)c1ccccc1N(C(C)=O)c1ccc2ccccc2c1. The molecule has 2 amide bonds. The van der Waals surface area contributed by atoms with Crippen LogP contribution in [0.4, 0.5) is 11.4 Å². The third-order valence-corrected chi connectivity index (χ3v) is 4.51. The first-order chi connectivity index (χ1) is 13.1. The molecule has 0 unspecified atom stereocenters. The zero-order chi connectivity index (χ0) is 19.2. The Bertz CT molecular complexity index is 965. The molecule has 0 aliphatic rings. The average Bonchev–Trinajstić information content (AvgIpc) is 2.68. The van der Waals surface area contributed by atoms with E-state index in [1.807, 2.05) is 60.7 Å². The molecule has 0 atom stereocenters. The van der Waals surface area contributed by atoms with Crippen molar-refractivity contribution < 1.29 is 9.59 Å². The Kier molecular flexibility index (Phi) is 5.87. The lowest BCUT2D eigenvalue weighted by Gasteiger charge is -2.24. The van der Waals surface area contributed by atoms with Crippen molar-refractivity contribution in [2.75, 3.05) is 11.4 Å². The Labute approximate surface area is 159 Å². The molecular weight excluding hydrogens is 336 g/mol. The number of para-hydroxylation sites is 1. The maximum atomic E-state index is 12.7. The van der Waals surface area contributed by atoms with Crippen LogP contribution < -0.4 is 10.2 Å². The monoisotopic (exact) mass is 360 g/mol. The fraction of sp³-hybridized carbons (Fsp3) is 0.217. The molecule has 3 aromatic carbocycles. The summed E-state index contributed by atoms with van der Waals surface area (Å²) in [6, 6.07) is 21.1. The van der Waals surface area contributed by atoms with Gasteiger partial charge in [0.15, 0.2) is 0 Å². The smallest absolute Gasteiger partial charge is 0.253 e. The third kappa shape index (κ3) is 4.17. The van der Waals surface area contributed by atoms with Gasteiger partial charge in [0.2, 0.25) is 5.91 Å². The number of nitrogens with zero attached hydrogens (tertiary/aromatic N) is 1. The second-order valence-electron chi connectivity index (χ2n) is 6.51. The third-order valence-electron chi connectivity index (χ3n) is 4.51. The van der Waals surface area contributed by atoms with Gasteiger partial charge in [-0.25, -0.2) is 0 Å². The normalized spacial score (nSPS) is 10.6. The van der Waals surface area contributed by atoms with Gasteiger partial charge in [0.25, 0.3) is 5.91 Å². The fourth-order valence-corrected chi connectivity index (χ4v) is 3.14. The highest BCUT2D eigenvalue weighted by atomic mass is 16.2. The summed E-state index contributed by atoms with van der Waals surface area (Å²) in [5.74, 6) is -0.301. The number of nitrogens with one attached hydrogen (secondary N) is 1. The van der Waals surface area contributed by atoms with Gasteiger partial charge >= 0.3 is 0 Å². The Balaban J connectivity index is 2.02. The number of unbranched alkanes of at least 4 members (excludes halogenated alkanes) is 1. The molecule has 0 saturated heterocycles. The highest BCUT2D eigenvalue weighted by Gasteiger charge is 2.20. The molecule has 0 aliphatic heterocycles. The molecule has 0 bridgehead atoms. The Morgan fingerprint density at radius 2 is 1.63 bits per heavy atom. The van der Waals surface area contributed by atoms with Crippen molar-refractivity contribution in [3.05, 3.63) is 72.3 Å². The van der Waals surface area contributed by atoms with Crippen LogP contribution in [0.5, 0.6) is 0 Å². The minimum absolute atomic E-state index is 0.140. The van der Waals surface area contributed by atoms with E-state index < -0.39 is 0 Å². The first-order valence-corrected chi connectivity index (χ1v) is 9.28. The van der Waals surface area contributed by atoms with Crippen molar-refractivity contribution >= 4 is 34.0 Å². The summed E-state index contributed by atoms with van der Waals surface area (Å²) in [5, 5.41) is 5.09. The number of anilines is 2. The summed E-state index contributed by atoms with van der Waals surface area (Å²) < 4.78 is 0. The van der Waals surface area contributed by atoms with Crippen molar-refractivity contribution in [2.45, 2.75) is 26.7 Å². The number of benzene rings is 3. The van der Waals surface area contributed by atoms with E-state index >= 15 is 0 Å². The summed E-state index contributed by atoms with van der Waals surface area (Å²) in [7, 11) is 0. The molecular formula is C23H24N2O2. The number of fused-ring (bicyclic) bond motifs is 1. The molecule has 0 heterocycles. The zero-order valence-electron chi connectivity index (χ0n) is 15.7. The topological polar surface area (TPSA) is 49.4 Å². The van der Waals surface area contributed by atoms with Crippen molar-refractivity contribution in [2.24, 2.45) is 0 Å². The van der Waals surface area contributed by atoms with Gasteiger partial charge < -0.3 is 5.32 Å². The van der Waals surface area contributed by atoms with Crippen LogP contribution >= 0.6 is 0 Å².